The van der Waals surface area contributed by atoms with Crippen LogP contribution >= 0.6 is 10.6 Å². The maximum absolute atomic E-state index is 13.9. The van der Waals surface area contributed by atoms with Crippen molar-refractivity contribution in [3.8, 4) is 0 Å². The molecule has 9 nitrogen and oxygen atoms in total. The summed E-state index contributed by atoms with van der Waals surface area (Å²) < 4.78 is 59.0. The smallest absolute Gasteiger partial charge is 0.253 e. The van der Waals surface area contributed by atoms with Crippen LogP contribution in [0, 0.1) is 17.0 Å². The summed E-state index contributed by atoms with van der Waals surface area (Å²) in [6.07, 6.45) is 0. The van der Waals surface area contributed by atoms with Gasteiger partial charge in [0.1, 0.15) is 17.2 Å². The number of amides is 1. The molecule has 3 N–H and O–H groups in total. The van der Waals surface area contributed by atoms with Gasteiger partial charge in [-0.1, -0.05) is 0 Å². The molecule has 39 heavy (non-hydrogen) atoms. The molecule has 1 unspecified atom stereocenters. The summed E-state index contributed by atoms with van der Waals surface area (Å²) >= 11 is 0. The van der Waals surface area contributed by atoms with Crippen LogP contribution in [-0.2, 0) is 4.74 Å². The number of anilines is 2. The van der Waals surface area contributed by atoms with E-state index < -0.39 is 28.3 Å². The minimum absolute atomic E-state index is 0.199. The Morgan fingerprint density at radius 1 is 1.05 bits per heavy atom. The lowest BCUT2D eigenvalue weighted by atomic mass is 9.82. The van der Waals surface area contributed by atoms with Crippen LogP contribution in [0.3, 0.4) is 0 Å². The van der Waals surface area contributed by atoms with E-state index in [0.29, 0.717) is 62.3 Å². The van der Waals surface area contributed by atoms with E-state index in [2.05, 4.69) is 5.32 Å². The number of fused-ring (bicyclic) bond motifs is 1. The highest BCUT2D eigenvalue weighted by molar-refractivity contribution is 8.25. The molecule has 3 saturated heterocycles. The second-order valence-corrected chi connectivity index (χ2v) is 12.9. The largest absolute Gasteiger partial charge is 0.440 e. The number of benzene rings is 2. The molecule has 0 bridgehead atoms. The van der Waals surface area contributed by atoms with E-state index in [1.54, 1.807) is 17.9 Å². The monoisotopic (exact) mass is 561 g/mol. The van der Waals surface area contributed by atoms with Gasteiger partial charge >= 0.3 is 0 Å². The third kappa shape index (κ3) is 4.97. The molecule has 3 aliphatic heterocycles. The molecular weight excluding hydrogens is 532 g/mol. The Morgan fingerprint density at radius 3 is 2.36 bits per heavy atom. The number of likely N-dealkylation sites (tertiary alicyclic amines) is 1. The normalized spacial score (nSPS) is 21.3. The molecule has 4 heterocycles. The van der Waals surface area contributed by atoms with Crippen LogP contribution in [0.2, 0.25) is 0 Å². The summed E-state index contributed by atoms with van der Waals surface area (Å²) in [4.78, 5) is 30.3. The molecule has 1 atom stereocenters. The van der Waals surface area contributed by atoms with Crippen molar-refractivity contribution >= 4 is 39.0 Å². The lowest BCUT2D eigenvalue weighted by molar-refractivity contribution is 0.0173. The first-order chi connectivity index (χ1) is 18.5. The van der Waals surface area contributed by atoms with Crippen molar-refractivity contribution in [3.05, 3.63) is 69.4 Å². The number of ether oxygens (including phenoxy) is 1. The van der Waals surface area contributed by atoms with Crippen molar-refractivity contribution in [2.24, 2.45) is 5.41 Å². The zero-order valence-electron chi connectivity index (χ0n) is 21.3. The predicted octanol–water partition coefficient (Wildman–Crippen LogP) is 4.29. The zero-order chi connectivity index (χ0) is 27.5. The standard InChI is InChI=1S/C27H29F2N3O6S/c1-16(30-20-9-18(28)8-19(29)10-20)21-6-17(26(34)32-12-27(13-32)14-39(35,36)15-27)7-22-23(33)11-24(38-25(21)22)31-2-4-37-5-3-31/h6-11,16,30,35-36H,2-5,12-15H2,1H3. The van der Waals surface area contributed by atoms with Crippen molar-refractivity contribution in [2.45, 2.75) is 13.0 Å². The van der Waals surface area contributed by atoms with Crippen molar-refractivity contribution in [3.63, 3.8) is 0 Å². The molecular formula is C27H29F2N3O6S. The van der Waals surface area contributed by atoms with E-state index in [1.165, 1.54) is 12.1 Å². The maximum Gasteiger partial charge on any atom is 0.253 e. The molecule has 1 aromatic heterocycles. The van der Waals surface area contributed by atoms with Gasteiger partial charge in [-0.25, -0.2) is 8.78 Å². The Labute approximate surface area is 224 Å². The second-order valence-electron chi connectivity index (χ2n) is 10.8. The second kappa shape index (κ2) is 9.47. The molecule has 6 rings (SSSR count). The van der Waals surface area contributed by atoms with Gasteiger partial charge in [-0.3, -0.25) is 18.7 Å². The topological polar surface area (TPSA) is 115 Å². The fourth-order valence-corrected chi connectivity index (χ4v) is 8.07. The highest BCUT2D eigenvalue weighted by atomic mass is 32.3. The number of rotatable bonds is 5. The van der Waals surface area contributed by atoms with Crippen LogP contribution < -0.4 is 15.6 Å². The van der Waals surface area contributed by atoms with Gasteiger partial charge in [-0.05, 0) is 31.2 Å². The van der Waals surface area contributed by atoms with E-state index in [9.17, 15) is 27.5 Å². The summed E-state index contributed by atoms with van der Waals surface area (Å²) in [5, 5.41) is 3.28. The van der Waals surface area contributed by atoms with Gasteiger partial charge in [0.15, 0.2) is 11.3 Å². The van der Waals surface area contributed by atoms with Crippen LogP contribution in [-0.4, -0.2) is 70.8 Å². The molecule has 0 aliphatic carbocycles. The minimum Gasteiger partial charge on any atom is -0.440 e. The molecule has 3 aliphatic rings. The number of nitrogens with zero attached hydrogens (tertiary/aromatic N) is 2. The molecule has 3 aromatic rings. The summed E-state index contributed by atoms with van der Waals surface area (Å²) in [5.41, 5.74) is 0.683. The van der Waals surface area contributed by atoms with E-state index in [1.807, 2.05) is 4.90 Å². The maximum atomic E-state index is 13.9. The van der Waals surface area contributed by atoms with Gasteiger partial charge in [0.05, 0.1) is 24.6 Å². The van der Waals surface area contributed by atoms with Crippen LogP contribution in [0.1, 0.15) is 28.9 Å². The third-order valence-corrected chi connectivity index (χ3v) is 9.69. The van der Waals surface area contributed by atoms with Gasteiger partial charge in [0, 0.05) is 72.0 Å². The quantitative estimate of drug-likeness (QED) is 0.423. The number of hydrogen-bond donors (Lipinski definition) is 3. The van der Waals surface area contributed by atoms with E-state index in [0.717, 1.165) is 18.2 Å². The van der Waals surface area contributed by atoms with E-state index in [4.69, 9.17) is 9.15 Å². The van der Waals surface area contributed by atoms with Crippen molar-refractivity contribution in [2.75, 3.05) is 61.1 Å². The molecule has 2 aromatic carbocycles. The highest BCUT2D eigenvalue weighted by Gasteiger charge is 2.57. The lowest BCUT2D eigenvalue weighted by Gasteiger charge is -2.63. The summed E-state index contributed by atoms with van der Waals surface area (Å²) in [7, 11) is -2.53. The average Bonchev–Trinajstić information content (AvgIpc) is 2.84. The molecule has 0 radical (unpaired) electrons. The number of halogens is 2. The summed E-state index contributed by atoms with van der Waals surface area (Å²) in [6.45, 7) is 4.68. The number of nitrogens with one attached hydrogen (secondary N) is 1. The van der Waals surface area contributed by atoms with Crippen LogP contribution in [0.25, 0.3) is 11.0 Å². The Balaban J connectivity index is 1.37. The molecule has 208 valence electrons. The Kier molecular flexibility index (Phi) is 6.33. The number of morpholine rings is 1. The third-order valence-electron chi connectivity index (χ3n) is 7.54. The lowest BCUT2D eigenvalue weighted by Crippen LogP contribution is -2.67. The zero-order valence-corrected chi connectivity index (χ0v) is 22.1. The van der Waals surface area contributed by atoms with Crippen molar-refractivity contribution in [1.29, 1.82) is 0 Å². The predicted molar refractivity (Wildman–Crippen MR) is 145 cm³/mol. The van der Waals surface area contributed by atoms with Crippen LogP contribution in [0.15, 0.2) is 45.6 Å². The van der Waals surface area contributed by atoms with Crippen molar-refractivity contribution in [1.82, 2.24) is 4.90 Å². The van der Waals surface area contributed by atoms with Crippen LogP contribution in [0.5, 0.6) is 0 Å². The molecule has 12 heteroatoms. The summed E-state index contributed by atoms with van der Waals surface area (Å²) in [5.74, 6) is -0.781. The molecule has 3 fully saturated rings. The first kappa shape index (κ1) is 26.1. The van der Waals surface area contributed by atoms with Crippen LogP contribution in [0.4, 0.5) is 20.4 Å². The van der Waals surface area contributed by atoms with Gasteiger partial charge < -0.3 is 24.3 Å². The summed E-state index contributed by atoms with van der Waals surface area (Å²) in [6, 6.07) is 7.08. The minimum atomic E-state index is -2.53. The Morgan fingerprint density at radius 2 is 1.72 bits per heavy atom. The first-order valence-electron chi connectivity index (χ1n) is 12.7. The fourth-order valence-electron chi connectivity index (χ4n) is 5.83. The number of hydrogen-bond acceptors (Lipinski definition) is 8. The highest BCUT2D eigenvalue weighted by Crippen LogP contribution is 2.62. The van der Waals surface area contributed by atoms with E-state index in [-0.39, 0.29) is 39.0 Å². The van der Waals surface area contributed by atoms with Gasteiger partial charge in [-0.2, -0.15) is 10.6 Å². The number of carbonyl (C=O) groups is 1. The SMILES string of the molecule is CC(Nc1cc(F)cc(F)c1)c1cc(C(=O)N2CC3(C2)CS(O)(O)C3)cc2c(=O)cc(N3CCOCC3)oc12. The fraction of sp³-hybridized carbons (Fsp3) is 0.407. The Bertz CT molecular complexity index is 1490. The van der Waals surface area contributed by atoms with Gasteiger partial charge in [0.25, 0.3) is 5.91 Å². The van der Waals surface area contributed by atoms with E-state index >= 15 is 0 Å². The average molecular weight is 562 g/mol. The van der Waals surface area contributed by atoms with Crippen molar-refractivity contribution < 1.29 is 31.8 Å². The van der Waals surface area contributed by atoms with Gasteiger partial charge in [0.2, 0.25) is 0 Å². The first-order valence-corrected chi connectivity index (χ1v) is 14.6. The number of carbonyl (C=O) groups excluding carboxylic acids is 1. The Hall–Kier alpha value is -3.19. The molecule has 1 amide bonds. The molecule has 0 saturated carbocycles. The molecule has 1 spiro atoms. The van der Waals surface area contributed by atoms with Gasteiger partial charge in [-0.15, -0.1) is 0 Å².